The zero-order chi connectivity index (χ0) is 12.1. The van der Waals surface area contributed by atoms with Gasteiger partial charge in [-0.1, -0.05) is 12.2 Å². The van der Waals surface area contributed by atoms with Gasteiger partial charge in [-0.25, -0.2) is 9.18 Å². The quantitative estimate of drug-likeness (QED) is 0.633. The minimum absolute atomic E-state index is 0.151. The number of ether oxygens (including phenoxy) is 1. The molecule has 0 aliphatic rings. The molecule has 3 nitrogen and oxygen atoms in total. The van der Waals surface area contributed by atoms with Crippen LogP contribution in [-0.4, -0.2) is 18.2 Å². The van der Waals surface area contributed by atoms with Gasteiger partial charge in [0.15, 0.2) is 0 Å². The number of phenolic OH excluding ortho intramolecular Hbond substituents is 1. The summed E-state index contributed by atoms with van der Waals surface area (Å²) in [6, 6.07) is 2.15. The van der Waals surface area contributed by atoms with Crippen molar-refractivity contribution in [3.63, 3.8) is 0 Å². The predicted octanol–water partition coefficient (Wildman–Crippen LogP) is 2.44. The van der Waals surface area contributed by atoms with Crippen molar-refractivity contribution in [2.24, 2.45) is 0 Å². The van der Waals surface area contributed by atoms with Gasteiger partial charge in [0.25, 0.3) is 0 Å². The van der Waals surface area contributed by atoms with Crippen molar-refractivity contribution in [1.82, 2.24) is 0 Å². The number of benzene rings is 1. The number of hydrogen-bond acceptors (Lipinski definition) is 3. The monoisotopic (exact) mass is 224 g/mol. The van der Waals surface area contributed by atoms with Crippen molar-refractivity contribution in [3.05, 3.63) is 41.2 Å². The van der Waals surface area contributed by atoms with Gasteiger partial charge in [-0.2, -0.15) is 0 Å². The first-order chi connectivity index (χ1) is 7.60. The summed E-state index contributed by atoms with van der Waals surface area (Å²) in [7, 11) is 1.18. The number of rotatable bonds is 3. The molecule has 0 aliphatic carbocycles. The average molecular weight is 224 g/mol. The van der Waals surface area contributed by atoms with Crippen molar-refractivity contribution in [2.45, 2.75) is 13.3 Å². The van der Waals surface area contributed by atoms with Gasteiger partial charge in [-0.05, 0) is 25.5 Å². The molecule has 1 aromatic rings. The Bertz CT molecular complexity index is 425. The summed E-state index contributed by atoms with van der Waals surface area (Å²) in [5.74, 6) is -1.55. The van der Waals surface area contributed by atoms with Crippen LogP contribution in [-0.2, 0) is 11.2 Å². The first-order valence-electron chi connectivity index (χ1n) is 4.81. The summed E-state index contributed by atoms with van der Waals surface area (Å²) < 4.78 is 17.6. The van der Waals surface area contributed by atoms with E-state index in [1.807, 2.05) is 6.92 Å². The molecule has 0 radical (unpaired) electrons. The van der Waals surface area contributed by atoms with Crippen LogP contribution in [0, 0.1) is 5.82 Å². The van der Waals surface area contributed by atoms with E-state index >= 15 is 0 Å². The molecule has 1 aromatic carbocycles. The molecular formula is C12H13FO3. The first-order valence-corrected chi connectivity index (χ1v) is 4.81. The molecule has 0 unspecified atom stereocenters. The van der Waals surface area contributed by atoms with E-state index in [1.54, 1.807) is 12.2 Å². The Labute approximate surface area is 93.2 Å². The molecule has 0 atom stereocenters. The highest BCUT2D eigenvalue weighted by Gasteiger charge is 2.16. The van der Waals surface area contributed by atoms with Crippen LogP contribution in [0.1, 0.15) is 22.8 Å². The van der Waals surface area contributed by atoms with Crippen LogP contribution >= 0.6 is 0 Å². The van der Waals surface area contributed by atoms with Crippen molar-refractivity contribution in [1.29, 1.82) is 0 Å². The highest BCUT2D eigenvalue weighted by molar-refractivity contribution is 5.92. The lowest BCUT2D eigenvalue weighted by molar-refractivity contribution is 0.0596. The van der Waals surface area contributed by atoms with Gasteiger partial charge in [-0.15, -0.1) is 0 Å². The largest absolute Gasteiger partial charge is 0.507 e. The number of methoxy groups -OCH3 is 1. The highest BCUT2D eigenvalue weighted by Crippen LogP contribution is 2.25. The molecule has 0 saturated heterocycles. The number of allylic oxidation sites excluding steroid dienone is 2. The lowest BCUT2D eigenvalue weighted by Gasteiger charge is -2.07. The van der Waals surface area contributed by atoms with Crippen molar-refractivity contribution >= 4 is 5.97 Å². The molecule has 0 amide bonds. The summed E-state index contributed by atoms with van der Waals surface area (Å²) in [6.07, 6.45) is 3.90. The number of carbonyl (C=O) groups is 1. The fourth-order valence-electron chi connectivity index (χ4n) is 1.32. The minimum atomic E-state index is -0.751. The molecule has 4 heteroatoms. The number of halogens is 1. The van der Waals surface area contributed by atoms with Crippen LogP contribution < -0.4 is 0 Å². The van der Waals surface area contributed by atoms with Crippen molar-refractivity contribution in [2.75, 3.05) is 7.11 Å². The Morgan fingerprint density at radius 3 is 2.81 bits per heavy atom. The summed E-state index contributed by atoms with van der Waals surface area (Å²) in [6.45, 7) is 1.82. The number of aromatic hydroxyl groups is 1. The van der Waals surface area contributed by atoms with E-state index in [2.05, 4.69) is 4.74 Å². The second-order valence-corrected chi connectivity index (χ2v) is 3.23. The van der Waals surface area contributed by atoms with E-state index in [9.17, 15) is 14.3 Å². The Kier molecular flexibility index (Phi) is 4.05. The second kappa shape index (κ2) is 5.30. The number of phenols is 1. The SMILES string of the molecule is CC=CCc1cc(F)cc(C(=O)OC)c1O. The minimum Gasteiger partial charge on any atom is -0.507 e. The summed E-state index contributed by atoms with van der Waals surface area (Å²) in [5.41, 5.74) is 0.209. The third-order valence-electron chi connectivity index (χ3n) is 2.13. The predicted molar refractivity (Wildman–Crippen MR) is 57.9 cm³/mol. The zero-order valence-corrected chi connectivity index (χ0v) is 9.16. The summed E-state index contributed by atoms with van der Waals surface area (Å²) >= 11 is 0. The third-order valence-corrected chi connectivity index (χ3v) is 2.13. The van der Waals surface area contributed by atoms with Crippen LogP contribution in [0.25, 0.3) is 0 Å². The normalized spacial score (nSPS) is 10.7. The molecule has 0 spiro atoms. The number of hydrogen-bond donors (Lipinski definition) is 1. The Morgan fingerprint density at radius 2 is 2.25 bits per heavy atom. The topological polar surface area (TPSA) is 46.5 Å². The molecule has 0 aromatic heterocycles. The van der Waals surface area contributed by atoms with Crippen LogP contribution in [0.4, 0.5) is 4.39 Å². The van der Waals surface area contributed by atoms with Crippen LogP contribution in [0.5, 0.6) is 5.75 Å². The average Bonchev–Trinajstić information content (AvgIpc) is 2.28. The molecule has 86 valence electrons. The van der Waals surface area contributed by atoms with Gasteiger partial charge in [0.2, 0.25) is 0 Å². The van der Waals surface area contributed by atoms with Crippen LogP contribution in [0.3, 0.4) is 0 Å². The van der Waals surface area contributed by atoms with Crippen LogP contribution in [0.15, 0.2) is 24.3 Å². The fourth-order valence-corrected chi connectivity index (χ4v) is 1.32. The maximum absolute atomic E-state index is 13.2. The van der Waals surface area contributed by atoms with Crippen molar-refractivity contribution < 1.29 is 19.0 Å². The van der Waals surface area contributed by atoms with Gasteiger partial charge in [-0.3, -0.25) is 0 Å². The van der Waals surface area contributed by atoms with E-state index in [0.29, 0.717) is 12.0 Å². The van der Waals surface area contributed by atoms with E-state index in [0.717, 1.165) is 6.07 Å². The summed E-state index contributed by atoms with van der Waals surface area (Å²) in [4.78, 5) is 11.2. The smallest absolute Gasteiger partial charge is 0.341 e. The van der Waals surface area contributed by atoms with Gasteiger partial charge in [0.1, 0.15) is 17.1 Å². The molecule has 0 fully saturated rings. The van der Waals surface area contributed by atoms with Gasteiger partial charge in [0, 0.05) is 5.56 Å². The number of esters is 1. The van der Waals surface area contributed by atoms with E-state index in [-0.39, 0.29) is 11.3 Å². The van der Waals surface area contributed by atoms with Gasteiger partial charge < -0.3 is 9.84 Å². The Morgan fingerprint density at radius 1 is 1.56 bits per heavy atom. The molecule has 0 heterocycles. The molecule has 0 saturated carbocycles. The van der Waals surface area contributed by atoms with E-state index in [4.69, 9.17) is 0 Å². The molecule has 16 heavy (non-hydrogen) atoms. The Hall–Kier alpha value is -1.84. The molecule has 0 bridgehead atoms. The highest BCUT2D eigenvalue weighted by atomic mass is 19.1. The molecule has 0 aliphatic heterocycles. The molecule has 1 N–H and O–H groups in total. The van der Waals surface area contributed by atoms with Gasteiger partial charge in [0.05, 0.1) is 7.11 Å². The molecular weight excluding hydrogens is 211 g/mol. The second-order valence-electron chi connectivity index (χ2n) is 3.23. The van der Waals surface area contributed by atoms with Crippen molar-refractivity contribution in [3.8, 4) is 5.75 Å². The fraction of sp³-hybridized carbons (Fsp3) is 0.250. The van der Waals surface area contributed by atoms with Crippen LogP contribution in [0.2, 0.25) is 0 Å². The lowest BCUT2D eigenvalue weighted by Crippen LogP contribution is -2.04. The van der Waals surface area contributed by atoms with E-state index < -0.39 is 11.8 Å². The standard InChI is InChI=1S/C12H13FO3/c1-3-4-5-8-6-9(13)7-10(11(8)14)12(15)16-2/h3-4,6-7,14H,5H2,1-2H3. The Balaban J connectivity index is 3.20. The lowest BCUT2D eigenvalue weighted by atomic mass is 10.1. The molecule has 1 rings (SSSR count). The maximum atomic E-state index is 13.2. The van der Waals surface area contributed by atoms with Gasteiger partial charge >= 0.3 is 5.97 Å². The maximum Gasteiger partial charge on any atom is 0.341 e. The van der Waals surface area contributed by atoms with E-state index in [1.165, 1.54) is 13.2 Å². The zero-order valence-electron chi connectivity index (χ0n) is 9.16. The number of carbonyl (C=O) groups excluding carboxylic acids is 1. The summed E-state index contributed by atoms with van der Waals surface area (Å²) in [5, 5.41) is 9.74. The first kappa shape index (κ1) is 12.2. The third kappa shape index (κ3) is 2.59.